The van der Waals surface area contributed by atoms with Crippen molar-refractivity contribution in [1.82, 2.24) is 10.2 Å². The Kier molecular flexibility index (Phi) is 7.86. The summed E-state index contributed by atoms with van der Waals surface area (Å²) in [5, 5.41) is 3.36. The molecule has 0 aliphatic rings. The predicted molar refractivity (Wildman–Crippen MR) is 82.2 cm³/mol. The van der Waals surface area contributed by atoms with Crippen molar-refractivity contribution < 1.29 is 9.47 Å². The first-order valence-electron chi connectivity index (χ1n) is 6.45. The molecule has 0 atom stereocenters. The van der Waals surface area contributed by atoms with Crippen molar-refractivity contribution in [2.24, 2.45) is 0 Å². The minimum absolute atomic E-state index is 0.660. The first-order valence-corrected chi connectivity index (χ1v) is 7.24. The Balaban J connectivity index is 2.15. The summed E-state index contributed by atoms with van der Waals surface area (Å²) in [4.78, 5) is 2.19. The Morgan fingerprint density at radius 3 is 2.68 bits per heavy atom. The maximum Gasteiger partial charge on any atom is 0.133 e. The largest absolute Gasteiger partial charge is 0.497 e. The van der Waals surface area contributed by atoms with Gasteiger partial charge in [-0.05, 0) is 67.7 Å². The molecule has 0 bridgehead atoms. The van der Waals surface area contributed by atoms with Gasteiger partial charge in [0.05, 0.1) is 11.6 Å². The number of halogens is 1. The first kappa shape index (κ1) is 16.3. The zero-order valence-electron chi connectivity index (χ0n) is 11.9. The van der Waals surface area contributed by atoms with Crippen LogP contribution in [-0.2, 0) is 0 Å². The molecule has 1 N–H and O–H groups in total. The van der Waals surface area contributed by atoms with Crippen LogP contribution in [0.1, 0.15) is 6.42 Å². The Hall–Kier alpha value is -0.780. The fourth-order valence-electron chi connectivity index (χ4n) is 1.60. The number of ether oxygens (including phenoxy) is 2. The van der Waals surface area contributed by atoms with E-state index in [0.29, 0.717) is 6.61 Å². The van der Waals surface area contributed by atoms with Gasteiger partial charge in [0, 0.05) is 6.54 Å². The van der Waals surface area contributed by atoms with Gasteiger partial charge in [0.1, 0.15) is 18.1 Å². The van der Waals surface area contributed by atoms with Gasteiger partial charge in [0.2, 0.25) is 0 Å². The highest BCUT2D eigenvalue weighted by Crippen LogP contribution is 2.28. The molecule has 0 saturated carbocycles. The third kappa shape index (κ3) is 6.80. The molecule has 108 valence electrons. The van der Waals surface area contributed by atoms with Gasteiger partial charge < -0.3 is 19.7 Å². The topological polar surface area (TPSA) is 33.7 Å². The third-order valence-corrected chi connectivity index (χ3v) is 3.25. The van der Waals surface area contributed by atoms with E-state index in [9.17, 15) is 0 Å². The van der Waals surface area contributed by atoms with Crippen LogP contribution >= 0.6 is 15.9 Å². The minimum Gasteiger partial charge on any atom is -0.497 e. The van der Waals surface area contributed by atoms with Gasteiger partial charge in [0.15, 0.2) is 0 Å². The van der Waals surface area contributed by atoms with Gasteiger partial charge in [-0.25, -0.2) is 0 Å². The number of nitrogens with zero attached hydrogens (tertiary/aromatic N) is 1. The van der Waals surface area contributed by atoms with Gasteiger partial charge in [-0.2, -0.15) is 0 Å². The summed E-state index contributed by atoms with van der Waals surface area (Å²) < 4.78 is 11.7. The predicted octanol–water partition coefficient (Wildman–Crippen LogP) is 2.38. The Bertz CT molecular complexity index is 372. The van der Waals surface area contributed by atoms with Crippen molar-refractivity contribution >= 4 is 15.9 Å². The molecule has 0 unspecified atom stereocenters. The lowest BCUT2D eigenvalue weighted by Gasteiger charge is -2.11. The molecule has 0 aliphatic heterocycles. The van der Waals surface area contributed by atoms with Crippen LogP contribution in [-0.4, -0.2) is 52.3 Å². The first-order chi connectivity index (χ1) is 9.13. The summed E-state index contributed by atoms with van der Waals surface area (Å²) >= 11 is 3.47. The Labute approximate surface area is 124 Å². The van der Waals surface area contributed by atoms with E-state index in [1.165, 1.54) is 0 Å². The second kappa shape index (κ2) is 9.18. The molecule has 1 aromatic carbocycles. The molecule has 4 nitrogen and oxygen atoms in total. The zero-order valence-corrected chi connectivity index (χ0v) is 13.5. The SMILES string of the molecule is COc1ccc(OCCNCCCN(C)C)c(Br)c1. The van der Waals surface area contributed by atoms with E-state index in [0.717, 1.165) is 42.0 Å². The van der Waals surface area contributed by atoms with Crippen LogP contribution in [0.4, 0.5) is 0 Å². The lowest BCUT2D eigenvalue weighted by molar-refractivity contribution is 0.308. The second-order valence-corrected chi connectivity index (χ2v) is 5.41. The van der Waals surface area contributed by atoms with Crippen LogP contribution in [0.3, 0.4) is 0 Å². The van der Waals surface area contributed by atoms with Crippen molar-refractivity contribution in [2.45, 2.75) is 6.42 Å². The molecular weight excluding hydrogens is 308 g/mol. The summed E-state index contributed by atoms with van der Waals surface area (Å²) in [5.41, 5.74) is 0. The molecule has 19 heavy (non-hydrogen) atoms. The molecule has 0 amide bonds. The van der Waals surface area contributed by atoms with Gasteiger partial charge in [-0.15, -0.1) is 0 Å². The van der Waals surface area contributed by atoms with Crippen LogP contribution < -0.4 is 14.8 Å². The third-order valence-electron chi connectivity index (χ3n) is 2.63. The van der Waals surface area contributed by atoms with Gasteiger partial charge in [-0.1, -0.05) is 0 Å². The quantitative estimate of drug-likeness (QED) is 0.705. The summed E-state index contributed by atoms with van der Waals surface area (Å²) in [6.45, 7) is 3.64. The van der Waals surface area contributed by atoms with Crippen molar-refractivity contribution in [3.8, 4) is 11.5 Å². The van der Waals surface area contributed by atoms with Gasteiger partial charge >= 0.3 is 0 Å². The van der Waals surface area contributed by atoms with Crippen LogP contribution in [0.25, 0.3) is 0 Å². The Morgan fingerprint density at radius 2 is 2.05 bits per heavy atom. The summed E-state index contributed by atoms with van der Waals surface area (Å²) in [6, 6.07) is 5.71. The average Bonchev–Trinajstić information content (AvgIpc) is 2.38. The lowest BCUT2D eigenvalue weighted by Crippen LogP contribution is -2.25. The molecule has 0 spiro atoms. The monoisotopic (exact) mass is 330 g/mol. The second-order valence-electron chi connectivity index (χ2n) is 4.55. The van der Waals surface area contributed by atoms with Crippen molar-refractivity contribution in [1.29, 1.82) is 0 Å². The minimum atomic E-state index is 0.660. The van der Waals surface area contributed by atoms with Crippen LogP contribution in [0.2, 0.25) is 0 Å². The highest BCUT2D eigenvalue weighted by Gasteiger charge is 2.02. The molecule has 0 aromatic heterocycles. The van der Waals surface area contributed by atoms with Gasteiger partial charge in [0.25, 0.3) is 0 Å². The number of benzene rings is 1. The molecule has 1 aromatic rings. The highest BCUT2D eigenvalue weighted by atomic mass is 79.9. The van der Waals surface area contributed by atoms with E-state index in [2.05, 4.69) is 40.2 Å². The lowest BCUT2D eigenvalue weighted by atomic mass is 10.3. The zero-order chi connectivity index (χ0) is 14.1. The molecule has 5 heteroatoms. The number of hydrogen-bond donors (Lipinski definition) is 1. The summed E-state index contributed by atoms with van der Waals surface area (Å²) in [5.74, 6) is 1.66. The van der Waals surface area contributed by atoms with Crippen LogP contribution in [0.15, 0.2) is 22.7 Å². The van der Waals surface area contributed by atoms with Crippen molar-refractivity contribution in [3.63, 3.8) is 0 Å². The van der Waals surface area contributed by atoms with E-state index < -0.39 is 0 Å². The molecule has 0 aliphatic carbocycles. The molecule has 0 radical (unpaired) electrons. The Morgan fingerprint density at radius 1 is 1.26 bits per heavy atom. The summed E-state index contributed by atoms with van der Waals surface area (Å²) in [7, 11) is 5.83. The van der Waals surface area contributed by atoms with E-state index in [4.69, 9.17) is 9.47 Å². The maximum absolute atomic E-state index is 5.69. The van der Waals surface area contributed by atoms with E-state index >= 15 is 0 Å². The normalized spacial score (nSPS) is 10.8. The molecule has 0 heterocycles. The fraction of sp³-hybridized carbons (Fsp3) is 0.571. The van der Waals surface area contributed by atoms with E-state index in [1.807, 2.05) is 18.2 Å². The number of hydrogen-bond acceptors (Lipinski definition) is 4. The van der Waals surface area contributed by atoms with Crippen LogP contribution in [0, 0.1) is 0 Å². The van der Waals surface area contributed by atoms with Gasteiger partial charge in [-0.3, -0.25) is 0 Å². The fourth-order valence-corrected chi connectivity index (χ4v) is 2.08. The average molecular weight is 331 g/mol. The van der Waals surface area contributed by atoms with E-state index in [-0.39, 0.29) is 0 Å². The smallest absolute Gasteiger partial charge is 0.133 e. The number of rotatable bonds is 9. The molecule has 1 rings (SSSR count). The molecule has 0 saturated heterocycles. The molecular formula is C14H23BrN2O2. The van der Waals surface area contributed by atoms with Crippen molar-refractivity contribution in [2.75, 3.05) is 47.4 Å². The number of nitrogens with one attached hydrogen (secondary N) is 1. The molecule has 0 fully saturated rings. The highest BCUT2D eigenvalue weighted by molar-refractivity contribution is 9.10. The van der Waals surface area contributed by atoms with E-state index in [1.54, 1.807) is 7.11 Å². The number of methoxy groups -OCH3 is 1. The standard InChI is InChI=1S/C14H23BrN2O2/c1-17(2)9-4-7-16-8-10-19-14-6-5-12(18-3)11-13(14)15/h5-6,11,16H,4,7-10H2,1-3H3. The van der Waals surface area contributed by atoms with Crippen LogP contribution in [0.5, 0.6) is 11.5 Å². The van der Waals surface area contributed by atoms with Crippen molar-refractivity contribution in [3.05, 3.63) is 22.7 Å². The summed E-state index contributed by atoms with van der Waals surface area (Å²) in [6.07, 6.45) is 1.15. The maximum atomic E-state index is 5.69.